The molecule has 32 heavy (non-hydrogen) atoms. The maximum atomic E-state index is 13.1. The normalized spacial score (nSPS) is 16.1. The average Bonchev–Trinajstić information content (AvgIpc) is 2.77. The Labute approximate surface area is 186 Å². The molecule has 1 N–H and O–H groups in total. The molecule has 0 saturated carbocycles. The molecule has 0 aromatic heterocycles. The monoisotopic (exact) mass is 465 g/mol. The molecular formula is C22H25F2N3O4S. The molecule has 1 heterocycles. The summed E-state index contributed by atoms with van der Waals surface area (Å²) >= 11 is 0. The first kappa shape index (κ1) is 23.8. The lowest BCUT2D eigenvalue weighted by molar-refractivity contribution is -0.135. The molecule has 0 bridgehead atoms. The standard InChI is InChI=1S/C22H25F2N3O4S/c1-15(2)20(25-21(28)16-3-5-17(23)6-4-16)22(29)26-11-13-27(14-12-26)32(30,31)19-9-7-18(24)8-10-19/h3-10,15,20H,11-14H2,1-2H3,(H,25,28)/t20-/m0/s1. The fraction of sp³-hybridized carbons (Fsp3) is 0.364. The molecular weight excluding hydrogens is 440 g/mol. The fourth-order valence-electron chi connectivity index (χ4n) is 3.44. The van der Waals surface area contributed by atoms with Crippen molar-refractivity contribution in [2.45, 2.75) is 24.8 Å². The second kappa shape index (κ2) is 9.74. The number of amides is 2. The predicted octanol–water partition coefficient (Wildman–Crippen LogP) is 2.25. The minimum atomic E-state index is -3.79. The Morgan fingerprint density at radius 2 is 1.38 bits per heavy atom. The highest BCUT2D eigenvalue weighted by Gasteiger charge is 2.34. The van der Waals surface area contributed by atoms with Crippen LogP contribution in [0.4, 0.5) is 8.78 Å². The smallest absolute Gasteiger partial charge is 0.251 e. The lowest BCUT2D eigenvalue weighted by Crippen LogP contribution is -2.57. The number of hydrogen-bond acceptors (Lipinski definition) is 4. The van der Waals surface area contributed by atoms with Crippen LogP contribution in [0.5, 0.6) is 0 Å². The first-order valence-electron chi connectivity index (χ1n) is 10.2. The highest BCUT2D eigenvalue weighted by Crippen LogP contribution is 2.19. The Morgan fingerprint density at radius 3 is 1.88 bits per heavy atom. The van der Waals surface area contributed by atoms with E-state index >= 15 is 0 Å². The van der Waals surface area contributed by atoms with Gasteiger partial charge in [-0.1, -0.05) is 13.8 Å². The molecule has 1 aliphatic rings. The molecule has 7 nitrogen and oxygen atoms in total. The number of hydrogen-bond donors (Lipinski definition) is 1. The van der Waals surface area contributed by atoms with E-state index in [2.05, 4.69) is 5.32 Å². The highest BCUT2D eigenvalue weighted by atomic mass is 32.2. The Kier molecular flexibility index (Phi) is 7.25. The van der Waals surface area contributed by atoms with E-state index in [9.17, 15) is 26.8 Å². The van der Waals surface area contributed by atoms with E-state index in [4.69, 9.17) is 0 Å². The van der Waals surface area contributed by atoms with Crippen LogP contribution in [0, 0.1) is 17.6 Å². The van der Waals surface area contributed by atoms with Gasteiger partial charge in [-0.3, -0.25) is 9.59 Å². The third-order valence-electron chi connectivity index (χ3n) is 5.33. The maximum absolute atomic E-state index is 13.1. The van der Waals surface area contributed by atoms with Gasteiger partial charge in [-0.25, -0.2) is 17.2 Å². The summed E-state index contributed by atoms with van der Waals surface area (Å²) in [6.07, 6.45) is 0. The first-order chi connectivity index (χ1) is 15.1. The van der Waals surface area contributed by atoms with Crippen molar-refractivity contribution in [1.29, 1.82) is 0 Å². The molecule has 0 radical (unpaired) electrons. The summed E-state index contributed by atoms with van der Waals surface area (Å²) in [5.74, 6) is -2.01. The van der Waals surface area contributed by atoms with E-state index in [1.54, 1.807) is 13.8 Å². The molecule has 0 aliphatic carbocycles. The van der Waals surface area contributed by atoms with E-state index in [0.29, 0.717) is 0 Å². The molecule has 1 aliphatic heterocycles. The van der Waals surface area contributed by atoms with Crippen molar-refractivity contribution in [2.24, 2.45) is 5.92 Å². The summed E-state index contributed by atoms with van der Waals surface area (Å²) in [5, 5.41) is 2.70. The number of sulfonamides is 1. The summed E-state index contributed by atoms with van der Waals surface area (Å²) < 4.78 is 53.0. The summed E-state index contributed by atoms with van der Waals surface area (Å²) in [4.78, 5) is 27.1. The SMILES string of the molecule is CC(C)[C@H](NC(=O)c1ccc(F)cc1)C(=O)N1CCN(S(=O)(=O)c2ccc(F)cc2)CC1. The third kappa shape index (κ3) is 5.31. The summed E-state index contributed by atoms with van der Waals surface area (Å²) in [7, 11) is -3.79. The van der Waals surface area contributed by atoms with Crippen molar-refractivity contribution in [3.05, 3.63) is 65.7 Å². The Morgan fingerprint density at radius 1 is 0.875 bits per heavy atom. The summed E-state index contributed by atoms with van der Waals surface area (Å²) in [6.45, 7) is 4.08. The Bertz CT molecular complexity index is 1070. The van der Waals surface area contributed by atoms with Crippen LogP contribution in [0.3, 0.4) is 0 Å². The molecule has 2 aromatic carbocycles. The number of nitrogens with zero attached hydrogens (tertiary/aromatic N) is 2. The van der Waals surface area contributed by atoms with Gasteiger partial charge in [0, 0.05) is 31.7 Å². The lowest BCUT2D eigenvalue weighted by Gasteiger charge is -2.36. The largest absolute Gasteiger partial charge is 0.340 e. The van der Waals surface area contributed by atoms with E-state index < -0.39 is 33.6 Å². The summed E-state index contributed by atoms with van der Waals surface area (Å²) in [6, 6.07) is 8.80. The van der Waals surface area contributed by atoms with Crippen molar-refractivity contribution < 1.29 is 26.8 Å². The number of halogens is 2. The number of rotatable bonds is 6. The highest BCUT2D eigenvalue weighted by molar-refractivity contribution is 7.89. The summed E-state index contributed by atoms with van der Waals surface area (Å²) in [5.41, 5.74) is 0.236. The van der Waals surface area contributed by atoms with Gasteiger partial charge in [0.1, 0.15) is 17.7 Å². The molecule has 1 saturated heterocycles. The first-order valence-corrected chi connectivity index (χ1v) is 11.6. The van der Waals surface area contributed by atoms with Crippen LogP contribution >= 0.6 is 0 Å². The van der Waals surface area contributed by atoms with Gasteiger partial charge in [-0.05, 0) is 54.4 Å². The zero-order valence-corrected chi connectivity index (χ0v) is 18.6. The van der Waals surface area contributed by atoms with Crippen molar-refractivity contribution >= 4 is 21.8 Å². The van der Waals surface area contributed by atoms with Crippen molar-refractivity contribution in [2.75, 3.05) is 26.2 Å². The van der Waals surface area contributed by atoms with Crippen molar-refractivity contribution in [1.82, 2.24) is 14.5 Å². The van der Waals surface area contributed by atoms with Crippen LogP contribution in [-0.4, -0.2) is 61.7 Å². The topological polar surface area (TPSA) is 86.8 Å². The fourth-order valence-corrected chi connectivity index (χ4v) is 4.86. The third-order valence-corrected chi connectivity index (χ3v) is 7.24. The van der Waals surface area contributed by atoms with Gasteiger partial charge in [0.25, 0.3) is 5.91 Å². The van der Waals surface area contributed by atoms with Gasteiger partial charge in [-0.15, -0.1) is 0 Å². The van der Waals surface area contributed by atoms with Gasteiger partial charge < -0.3 is 10.2 Å². The molecule has 1 atom stereocenters. The van der Waals surface area contributed by atoms with Crippen molar-refractivity contribution in [3.8, 4) is 0 Å². The van der Waals surface area contributed by atoms with Crippen molar-refractivity contribution in [3.63, 3.8) is 0 Å². The number of benzene rings is 2. The van der Waals surface area contributed by atoms with Crippen LogP contribution in [0.2, 0.25) is 0 Å². The second-order valence-corrected chi connectivity index (χ2v) is 9.82. The van der Waals surface area contributed by atoms with Gasteiger partial charge in [0.2, 0.25) is 15.9 Å². The van der Waals surface area contributed by atoms with Crippen LogP contribution < -0.4 is 5.32 Å². The number of carbonyl (C=O) groups is 2. The molecule has 10 heteroatoms. The molecule has 0 spiro atoms. The molecule has 3 rings (SSSR count). The minimum absolute atomic E-state index is 0.00899. The van der Waals surface area contributed by atoms with Crippen LogP contribution in [0.15, 0.2) is 53.4 Å². The van der Waals surface area contributed by atoms with E-state index in [0.717, 1.165) is 12.1 Å². The van der Waals surface area contributed by atoms with E-state index in [1.165, 1.54) is 45.6 Å². The zero-order chi connectivity index (χ0) is 23.5. The predicted molar refractivity (Wildman–Crippen MR) is 114 cm³/mol. The van der Waals surface area contributed by atoms with E-state index in [-0.39, 0.29) is 48.5 Å². The quantitative estimate of drug-likeness (QED) is 0.709. The van der Waals surface area contributed by atoms with Crippen LogP contribution in [-0.2, 0) is 14.8 Å². The lowest BCUT2D eigenvalue weighted by atomic mass is 10.0. The zero-order valence-electron chi connectivity index (χ0n) is 17.8. The molecule has 2 aromatic rings. The molecule has 172 valence electrons. The average molecular weight is 466 g/mol. The van der Waals surface area contributed by atoms with Gasteiger partial charge in [0.15, 0.2) is 0 Å². The van der Waals surface area contributed by atoms with Gasteiger partial charge in [-0.2, -0.15) is 4.31 Å². The van der Waals surface area contributed by atoms with Crippen LogP contribution in [0.1, 0.15) is 24.2 Å². The van der Waals surface area contributed by atoms with Crippen LogP contribution in [0.25, 0.3) is 0 Å². The maximum Gasteiger partial charge on any atom is 0.251 e. The molecule has 2 amide bonds. The Balaban J connectivity index is 1.65. The van der Waals surface area contributed by atoms with Gasteiger partial charge in [0.05, 0.1) is 4.90 Å². The Hall–Kier alpha value is -2.85. The van der Waals surface area contributed by atoms with E-state index in [1.807, 2.05) is 0 Å². The minimum Gasteiger partial charge on any atom is -0.340 e. The second-order valence-electron chi connectivity index (χ2n) is 7.89. The number of piperazine rings is 1. The number of nitrogens with one attached hydrogen (secondary N) is 1. The number of carbonyl (C=O) groups excluding carboxylic acids is 2. The molecule has 0 unspecified atom stereocenters. The van der Waals surface area contributed by atoms with Gasteiger partial charge >= 0.3 is 0 Å². The molecule has 1 fully saturated rings.